The van der Waals surface area contributed by atoms with Crippen LogP contribution in [0.4, 0.5) is 17.6 Å². The fraction of sp³-hybridized carbons (Fsp3) is 0.200. The van der Waals surface area contributed by atoms with Gasteiger partial charge in [0.1, 0.15) is 29.0 Å². The summed E-state index contributed by atoms with van der Waals surface area (Å²) >= 11 is 0. The van der Waals surface area contributed by atoms with Crippen molar-refractivity contribution in [3.05, 3.63) is 64.7 Å². The van der Waals surface area contributed by atoms with Crippen LogP contribution < -0.4 is 10.1 Å². The van der Waals surface area contributed by atoms with Gasteiger partial charge in [0.15, 0.2) is 0 Å². The van der Waals surface area contributed by atoms with Gasteiger partial charge in [0.25, 0.3) is 0 Å². The lowest BCUT2D eigenvalue weighted by molar-refractivity contribution is 0.402. The molecular formula is C15H13F4NO. The van der Waals surface area contributed by atoms with Gasteiger partial charge in [-0.1, -0.05) is 6.07 Å². The van der Waals surface area contributed by atoms with Crippen molar-refractivity contribution in [3.63, 3.8) is 0 Å². The van der Waals surface area contributed by atoms with E-state index in [4.69, 9.17) is 4.74 Å². The zero-order chi connectivity index (χ0) is 15.6. The number of hydrogen-bond donors (Lipinski definition) is 1. The number of methoxy groups -OCH3 is 1. The van der Waals surface area contributed by atoms with Crippen LogP contribution in [-0.2, 0) is 0 Å². The van der Waals surface area contributed by atoms with Gasteiger partial charge < -0.3 is 10.1 Å². The first-order chi connectivity index (χ1) is 9.99. The minimum Gasteiger partial charge on any atom is -0.497 e. The number of nitrogens with one attached hydrogen (secondary N) is 1. The van der Waals surface area contributed by atoms with Gasteiger partial charge in [0.05, 0.1) is 13.2 Å². The Hall–Kier alpha value is -2.08. The van der Waals surface area contributed by atoms with E-state index in [2.05, 4.69) is 5.32 Å². The van der Waals surface area contributed by atoms with Crippen LogP contribution in [-0.4, -0.2) is 14.2 Å². The maximum atomic E-state index is 14.1. The van der Waals surface area contributed by atoms with Crippen molar-refractivity contribution in [1.29, 1.82) is 0 Å². The van der Waals surface area contributed by atoms with Crippen LogP contribution >= 0.6 is 0 Å². The average molecular weight is 299 g/mol. The van der Waals surface area contributed by atoms with Crippen molar-refractivity contribution in [2.75, 3.05) is 14.2 Å². The molecule has 0 aliphatic rings. The van der Waals surface area contributed by atoms with Gasteiger partial charge in [-0.05, 0) is 19.2 Å². The Kier molecular flexibility index (Phi) is 4.47. The zero-order valence-electron chi connectivity index (χ0n) is 11.4. The summed E-state index contributed by atoms with van der Waals surface area (Å²) in [5.41, 5.74) is -0.912. The zero-order valence-corrected chi connectivity index (χ0v) is 11.4. The Balaban J connectivity index is 2.62. The van der Waals surface area contributed by atoms with E-state index < -0.39 is 40.4 Å². The quantitative estimate of drug-likeness (QED) is 0.872. The number of benzene rings is 2. The van der Waals surface area contributed by atoms with Crippen LogP contribution in [0.25, 0.3) is 0 Å². The van der Waals surface area contributed by atoms with Crippen LogP contribution in [0.1, 0.15) is 17.2 Å². The van der Waals surface area contributed by atoms with E-state index >= 15 is 0 Å². The third kappa shape index (κ3) is 2.85. The molecule has 2 aromatic rings. The SMILES string of the molecule is CNC(c1c(F)cccc1F)c1c(F)cc(OC)cc1F. The normalized spacial score (nSPS) is 12.3. The maximum Gasteiger partial charge on any atom is 0.134 e. The summed E-state index contributed by atoms with van der Waals surface area (Å²) in [7, 11) is 2.62. The molecule has 0 fully saturated rings. The molecule has 0 heterocycles. The van der Waals surface area contributed by atoms with E-state index in [1.54, 1.807) is 0 Å². The molecule has 0 aliphatic heterocycles. The summed E-state index contributed by atoms with van der Waals surface area (Å²) < 4.78 is 60.6. The van der Waals surface area contributed by atoms with Gasteiger partial charge in [-0.25, -0.2) is 17.6 Å². The molecule has 1 atom stereocenters. The van der Waals surface area contributed by atoms with Crippen molar-refractivity contribution < 1.29 is 22.3 Å². The first-order valence-corrected chi connectivity index (χ1v) is 6.13. The van der Waals surface area contributed by atoms with E-state index in [1.165, 1.54) is 20.2 Å². The van der Waals surface area contributed by atoms with Crippen molar-refractivity contribution >= 4 is 0 Å². The second-order valence-corrected chi connectivity index (χ2v) is 4.36. The molecule has 112 valence electrons. The lowest BCUT2D eigenvalue weighted by atomic mass is 9.96. The molecule has 0 aliphatic carbocycles. The molecule has 0 bridgehead atoms. The Labute approximate surface area is 119 Å². The highest BCUT2D eigenvalue weighted by molar-refractivity contribution is 5.39. The van der Waals surface area contributed by atoms with E-state index in [0.717, 1.165) is 24.3 Å². The summed E-state index contributed by atoms with van der Waals surface area (Å²) in [6.07, 6.45) is 0. The molecule has 0 spiro atoms. The third-order valence-electron chi connectivity index (χ3n) is 3.15. The van der Waals surface area contributed by atoms with Crippen LogP contribution in [0, 0.1) is 23.3 Å². The summed E-state index contributed by atoms with van der Waals surface area (Å²) in [6.45, 7) is 0. The molecule has 1 N–H and O–H groups in total. The first-order valence-electron chi connectivity index (χ1n) is 6.13. The third-order valence-corrected chi connectivity index (χ3v) is 3.15. The summed E-state index contributed by atoms with van der Waals surface area (Å²) in [5, 5.41) is 2.53. The molecule has 0 saturated heterocycles. The van der Waals surface area contributed by atoms with Gasteiger partial charge in [0.2, 0.25) is 0 Å². The van der Waals surface area contributed by atoms with E-state index in [-0.39, 0.29) is 5.75 Å². The number of ether oxygens (including phenoxy) is 1. The molecule has 2 aromatic carbocycles. The monoisotopic (exact) mass is 299 g/mol. The lowest BCUT2D eigenvalue weighted by Crippen LogP contribution is -2.23. The first kappa shape index (κ1) is 15.3. The van der Waals surface area contributed by atoms with E-state index in [1.807, 2.05) is 0 Å². The van der Waals surface area contributed by atoms with Crippen LogP contribution in [0.15, 0.2) is 30.3 Å². The Morgan fingerprint density at radius 3 is 1.81 bits per heavy atom. The van der Waals surface area contributed by atoms with Crippen molar-refractivity contribution in [3.8, 4) is 5.75 Å². The van der Waals surface area contributed by atoms with Crippen LogP contribution in [0.2, 0.25) is 0 Å². The second kappa shape index (κ2) is 6.13. The molecule has 6 heteroatoms. The second-order valence-electron chi connectivity index (χ2n) is 4.36. The van der Waals surface area contributed by atoms with Gasteiger partial charge in [0, 0.05) is 23.3 Å². The smallest absolute Gasteiger partial charge is 0.134 e. The minimum absolute atomic E-state index is 0.0161. The minimum atomic E-state index is -1.29. The topological polar surface area (TPSA) is 21.3 Å². The van der Waals surface area contributed by atoms with Gasteiger partial charge in [-0.3, -0.25) is 0 Å². The summed E-state index contributed by atoms with van der Waals surface area (Å²) in [5.74, 6) is -3.69. The predicted molar refractivity (Wildman–Crippen MR) is 70.2 cm³/mol. The largest absolute Gasteiger partial charge is 0.497 e. The highest BCUT2D eigenvalue weighted by Gasteiger charge is 2.26. The molecule has 21 heavy (non-hydrogen) atoms. The Morgan fingerprint density at radius 2 is 1.38 bits per heavy atom. The predicted octanol–water partition coefficient (Wildman–Crippen LogP) is 3.56. The fourth-order valence-corrected chi connectivity index (χ4v) is 2.17. The molecule has 0 saturated carbocycles. The van der Waals surface area contributed by atoms with Crippen LogP contribution in [0.3, 0.4) is 0 Å². The highest BCUT2D eigenvalue weighted by atomic mass is 19.1. The Bertz CT molecular complexity index is 617. The van der Waals surface area contributed by atoms with Crippen molar-refractivity contribution in [2.24, 2.45) is 0 Å². The van der Waals surface area contributed by atoms with Gasteiger partial charge in [-0.15, -0.1) is 0 Å². The molecule has 0 amide bonds. The lowest BCUT2D eigenvalue weighted by Gasteiger charge is -2.20. The van der Waals surface area contributed by atoms with Crippen LogP contribution in [0.5, 0.6) is 5.75 Å². The van der Waals surface area contributed by atoms with Crippen molar-refractivity contribution in [1.82, 2.24) is 5.32 Å². The average Bonchev–Trinajstić information content (AvgIpc) is 2.44. The van der Waals surface area contributed by atoms with Gasteiger partial charge in [-0.2, -0.15) is 0 Å². The summed E-state index contributed by atoms with van der Waals surface area (Å²) in [6, 6.07) is 3.87. The standard InChI is InChI=1S/C15H13F4NO/c1-20-15(13-9(16)4-3-5-10(13)17)14-11(18)6-8(21-2)7-12(14)19/h3-7,15,20H,1-2H3. The molecular weight excluding hydrogens is 286 g/mol. The van der Waals surface area contributed by atoms with Gasteiger partial charge >= 0.3 is 0 Å². The molecule has 1 unspecified atom stereocenters. The number of rotatable bonds is 4. The summed E-state index contributed by atoms with van der Waals surface area (Å²) in [4.78, 5) is 0. The van der Waals surface area contributed by atoms with Crippen molar-refractivity contribution in [2.45, 2.75) is 6.04 Å². The maximum absolute atomic E-state index is 14.1. The number of hydrogen-bond acceptors (Lipinski definition) is 2. The van der Waals surface area contributed by atoms with E-state index in [9.17, 15) is 17.6 Å². The van der Waals surface area contributed by atoms with E-state index in [0.29, 0.717) is 0 Å². The molecule has 0 aromatic heterocycles. The molecule has 2 nitrogen and oxygen atoms in total. The Morgan fingerprint density at radius 1 is 0.905 bits per heavy atom. The fourth-order valence-electron chi connectivity index (χ4n) is 2.17. The molecule has 2 rings (SSSR count). The molecule has 0 radical (unpaired) electrons. The number of halogens is 4. The highest BCUT2D eigenvalue weighted by Crippen LogP contribution is 2.32.